The molecule has 1 aliphatic carbocycles. The summed E-state index contributed by atoms with van der Waals surface area (Å²) >= 11 is 0. The highest BCUT2D eigenvalue weighted by molar-refractivity contribution is 5.99. The average Bonchev–Trinajstić information content (AvgIpc) is 2.69. The first-order valence-electron chi connectivity index (χ1n) is 6.50. The molecule has 17 heavy (non-hydrogen) atoms. The second-order valence-electron chi connectivity index (χ2n) is 5.00. The van der Waals surface area contributed by atoms with E-state index < -0.39 is 0 Å². The summed E-state index contributed by atoms with van der Waals surface area (Å²) < 4.78 is 0. The fraction of sp³-hybridized carbons (Fsp3) is 0.500. The highest BCUT2D eigenvalue weighted by atomic mass is 16.2. The van der Waals surface area contributed by atoms with E-state index in [2.05, 4.69) is 10.6 Å². The van der Waals surface area contributed by atoms with Crippen LogP contribution in [0, 0.1) is 0 Å². The summed E-state index contributed by atoms with van der Waals surface area (Å²) in [6, 6.07) is 8.40. The number of carbonyl (C=O) groups is 1. The number of fused-ring (bicyclic) bond motifs is 1. The molecule has 3 heteroatoms. The molecule has 1 amide bonds. The molecule has 1 saturated carbocycles. The van der Waals surface area contributed by atoms with Crippen molar-refractivity contribution in [2.24, 2.45) is 0 Å². The molecule has 2 aliphatic rings. The molecule has 0 saturated heterocycles. The van der Waals surface area contributed by atoms with Crippen molar-refractivity contribution >= 4 is 5.91 Å². The lowest BCUT2D eigenvalue weighted by Gasteiger charge is -2.26. The minimum absolute atomic E-state index is 0.0156. The van der Waals surface area contributed by atoms with Crippen LogP contribution >= 0.6 is 0 Å². The zero-order valence-electron chi connectivity index (χ0n) is 9.91. The summed E-state index contributed by atoms with van der Waals surface area (Å²) in [5.74, 6) is 0.0499. The van der Waals surface area contributed by atoms with Gasteiger partial charge in [-0.2, -0.15) is 0 Å². The van der Waals surface area contributed by atoms with Crippen molar-refractivity contribution in [3.05, 3.63) is 35.4 Å². The van der Waals surface area contributed by atoms with E-state index in [1.165, 1.54) is 32.1 Å². The Bertz CT molecular complexity index is 424. The standard InChI is InChI=1S/C14H18N2O/c17-14-12-9-5-4-8-11(12)13(16-14)15-10-6-2-1-3-7-10/h4-5,8-10,13,15H,1-3,6-7H2,(H,16,17). The van der Waals surface area contributed by atoms with Crippen molar-refractivity contribution in [1.29, 1.82) is 0 Å². The van der Waals surface area contributed by atoms with E-state index in [4.69, 9.17) is 0 Å². The topological polar surface area (TPSA) is 41.1 Å². The van der Waals surface area contributed by atoms with Gasteiger partial charge in [-0.1, -0.05) is 37.5 Å². The summed E-state index contributed by atoms with van der Waals surface area (Å²) in [5.41, 5.74) is 1.92. The maximum absolute atomic E-state index is 11.8. The molecule has 1 aromatic carbocycles. The molecule has 1 aromatic rings. The molecule has 1 fully saturated rings. The normalized spacial score (nSPS) is 24.5. The first-order chi connectivity index (χ1) is 8.34. The number of hydrogen-bond donors (Lipinski definition) is 2. The molecule has 2 N–H and O–H groups in total. The second kappa shape index (κ2) is 4.49. The number of carbonyl (C=O) groups excluding carboxylic acids is 1. The monoisotopic (exact) mass is 230 g/mol. The summed E-state index contributed by atoms with van der Waals surface area (Å²) in [6.07, 6.45) is 6.44. The van der Waals surface area contributed by atoms with E-state index in [9.17, 15) is 4.79 Å². The molecule has 3 rings (SSSR count). The summed E-state index contributed by atoms with van der Waals surface area (Å²) in [7, 11) is 0. The molecule has 90 valence electrons. The van der Waals surface area contributed by atoms with Crippen LogP contribution in [0.4, 0.5) is 0 Å². The van der Waals surface area contributed by atoms with Gasteiger partial charge in [-0.15, -0.1) is 0 Å². The van der Waals surface area contributed by atoms with E-state index in [0.717, 1.165) is 11.1 Å². The first-order valence-corrected chi connectivity index (χ1v) is 6.50. The molecule has 1 aliphatic heterocycles. The van der Waals surface area contributed by atoms with Crippen molar-refractivity contribution < 1.29 is 4.79 Å². The highest BCUT2D eigenvalue weighted by Gasteiger charge is 2.29. The molecule has 1 heterocycles. The lowest BCUT2D eigenvalue weighted by atomic mass is 9.95. The maximum atomic E-state index is 11.8. The van der Waals surface area contributed by atoms with Gasteiger partial charge in [0, 0.05) is 17.2 Å². The van der Waals surface area contributed by atoms with Gasteiger partial charge in [0.2, 0.25) is 0 Å². The third kappa shape index (κ3) is 2.07. The number of amides is 1. The number of hydrogen-bond acceptors (Lipinski definition) is 2. The predicted molar refractivity (Wildman–Crippen MR) is 66.7 cm³/mol. The lowest BCUT2D eigenvalue weighted by molar-refractivity contribution is 0.0947. The molecule has 3 nitrogen and oxygen atoms in total. The van der Waals surface area contributed by atoms with Crippen LogP contribution in [-0.4, -0.2) is 11.9 Å². The van der Waals surface area contributed by atoms with E-state index in [0.29, 0.717) is 6.04 Å². The van der Waals surface area contributed by atoms with Gasteiger partial charge in [-0.05, 0) is 18.9 Å². The zero-order chi connectivity index (χ0) is 11.7. The van der Waals surface area contributed by atoms with Crippen molar-refractivity contribution in [2.45, 2.75) is 44.3 Å². The van der Waals surface area contributed by atoms with Gasteiger partial charge in [-0.3, -0.25) is 10.1 Å². The fourth-order valence-electron chi connectivity index (χ4n) is 2.88. The van der Waals surface area contributed by atoms with Crippen LogP contribution in [0.3, 0.4) is 0 Å². The van der Waals surface area contributed by atoms with Crippen LogP contribution in [0.5, 0.6) is 0 Å². The summed E-state index contributed by atoms with van der Waals surface area (Å²) in [5, 5.41) is 6.59. The first kappa shape index (κ1) is 10.8. The van der Waals surface area contributed by atoms with Crippen LogP contribution in [0.15, 0.2) is 24.3 Å². The lowest BCUT2D eigenvalue weighted by Crippen LogP contribution is -2.39. The molecule has 0 bridgehead atoms. The van der Waals surface area contributed by atoms with Gasteiger partial charge >= 0.3 is 0 Å². The summed E-state index contributed by atoms with van der Waals surface area (Å²) in [6.45, 7) is 0. The smallest absolute Gasteiger partial charge is 0.253 e. The van der Waals surface area contributed by atoms with Crippen molar-refractivity contribution in [3.8, 4) is 0 Å². The Balaban J connectivity index is 1.75. The van der Waals surface area contributed by atoms with E-state index in [1.54, 1.807) is 0 Å². The average molecular weight is 230 g/mol. The van der Waals surface area contributed by atoms with Crippen molar-refractivity contribution in [1.82, 2.24) is 10.6 Å². The Labute approximate surface area is 102 Å². The molecule has 0 spiro atoms. The maximum Gasteiger partial charge on any atom is 0.253 e. The summed E-state index contributed by atoms with van der Waals surface area (Å²) in [4.78, 5) is 11.8. The Morgan fingerprint density at radius 3 is 2.71 bits per heavy atom. The van der Waals surface area contributed by atoms with Crippen molar-refractivity contribution in [2.75, 3.05) is 0 Å². The van der Waals surface area contributed by atoms with Crippen LogP contribution in [0.2, 0.25) is 0 Å². The molecular formula is C14H18N2O. The Hall–Kier alpha value is -1.35. The largest absolute Gasteiger partial charge is 0.333 e. The second-order valence-corrected chi connectivity index (χ2v) is 5.00. The SMILES string of the molecule is O=C1NC(NC2CCCCC2)c2ccccc21. The number of rotatable bonds is 2. The van der Waals surface area contributed by atoms with Crippen LogP contribution in [-0.2, 0) is 0 Å². The van der Waals surface area contributed by atoms with Crippen LogP contribution < -0.4 is 10.6 Å². The molecule has 1 unspecified atom stereocenters. The number of benzene rings is 1. The van der Waals surface area contributed by atoms with Gasteiger partial charge in [-0.25, -0.2) is 0 Å². The van der Waals surface area contributed by atoms with E-state index in [-0.39, 0.29) is 12.1 Å². The van der Waals surface area contributed by atoms with Crippen molar-refractivity contribution in [3.63, 3.8) is 0 Å². The molecular weight excluding hydrogens is 212 g/mol. The van der Waals surface area contributed by atoms with E-state index >= 15 is 0 Å². The minimum Gasteiger partial charge on any atom is -0.333 e. The van der Waals surface area contributed by atoms with Crippen LogP contribution in [0.25, 0.3) is 0 Å². The quantitative estimate of drug-likeness (QED) is 0.819. The Kier molecular flexibility index (Phi) is 2.85. The Morgan fingerprint density at radius 2 is 1.88 bits per heavy atom. The predicted octanol–water partition coefficient (Wildman–Crippen LogP) is 2.35. The highest BCUT2D eigenvalue weighted by Crippen LogP contribution is 2.26. The van der Waals surface area contributed by atoms with E-state index in [1.807, 2.05) is 24.3 Å². The molecule has 0 aromatic heterocycles. The van der Waals surface area contributed by atoms with Crippen LogP contribution in [0.1, 0.15) is 54.2 Å². The third-order valence-corrected chi connectivity index (χ3v) is 3.80. The van der Waals surface area contributed by atoms with Gasteiger partial charge in [0.15, 0.2) is 0 Å². The molecule has 0 radical (unpaired) electrons. The van der Waals surface area contributed by atoms with Gasteiger partial charge in [0.05, 0.1) is 0 Å². The molecule has 1 atom stereocenters. The van der Waals surface area contributed by atoms with Gasteiger partial charge < -0.3 is 5.32 Å². The Morgan fingerprint density at radius 1 is 1.12 bits per heavy atom. The van der Waals surface area contributed by atoms with Gasteiger partial charge in [0.25, 0.3) is 5.91 Å². The fourth-order valence-corrected chi connectivity index (χ4v) is 2.88. The van der Waals surface area contributed by atoms with Gasteiger partial charge in [0.1, 0.15) is 6.17 Å². The minimum atomic E-state index is 0.0156. The zero-order valence-corrected chi connectivity index (χ0v) is 9.91. The third-order valence-electron chi connectivity index (χ3n) is 3.80. The number of nitrogens with one attached hydrogen (secondary N) is 2.